The van der Waals surface area contributed by atoms with Crippen molar-refractivity contribution in [3.63, 3.8) is 0 Å². The molecule has 1 fully saturated rings. The first-order valence-electron chi connectivity index (χ1n) is 5.77. The van der Waals surface area contributed by atoms with Gasteiger partial charge in [0.05, 0.1) is 6.07 Å². The summed E-state index contributed by atoms with van der Waals surface area (Å²) in [6.45, 7) is 3.53. The minimum atomic E-state index is -3.45. The van der Waals surface area contributed by atoms with Gasteiger partial charge in [-0.25, -0.2) is 12.7 Å². The van der Waals surface area contributed by atoms with Crippen LogP contribution in [0, 0.1) is 17.2 Å². The van der Waals surface area contributed by atoms with Gasteiger partial charge in [-0.05, 0) is 25.7 Å². The highest BCUT2D eigenvalue weighted by molar-refractivity contribution is 7.89. The van der Waals surface area contributed by atoms with E-state index in [1.54, 1.807) is 7.05 Å². The molecule has 1 aliphatic rings. The second-order valence-corrected chi connectivity index (χ2v) is 6.97. The van der Waals surface area contributed by atoms with E-state index in [4.69, 9.17) is 5.26 Å². The normalized spacial score (nSPS) is 28.7. The van der Waals surface area contributed by atoms with Crippen LogP contribution in [0.1, 0.15) is 39.5 Å². The Hall–Kier alpha value is -0.600. The van der Waals surface area contributed by atoms with Gasteiger partial charge in [0.1, 0.15) is 0 Å². The number of nitriles is 1. The topological polar surface area (TPSA) is 61.2 Å². The second kappa shape index (κ2) is 5.15. The first-order chi connectivity index (χ1) is 7.41. The van der Waals surface area contributed by atoms with Crippen LogP contribution in [0.4, 0.5) is 0 Å². The molecule has 0 aromatic heterocycles. The molecule has 0 N–H and O–H groups in total. The van der Waals surface area contributed by atoms with Gasteiger partial charge in [0.25, 0.3) is 0 Å². The Morgan fingerprint density at radius 1 is 1.38 bits per heavy atom. The monoisotopic (exact) mass is 244 g/mol. The predicted molar refractivity (Wildman–Crippen MR) is 63.2 cm³/mol. The summed E-state index contributed by atoms with van der Waals surface area (Å²) in [5, 5.41) is 7.78. The van der Waals surface area contributed by atoms with E-state index >= 15 is 0 Å². The van der Waals surface area contributed by atoms with E-state index in [2.05, 4.69) is 6.92 Å². The third-order valence-corrected chi connectivity index (χ3v) is 5.64. The van der Waals surface area contributed by atoms with Crippen LogP contribution >= 0.6 is 0 Å². The third kappa shape index (κ3) is 2.55. The minimum Gasteiger partial charge on any atom is -0.211 e. The Morgan fingerprint density at radius 3 is 2.44 bits per heavy atom. The highest BCUT2D eigenvalue weighted by Gasteiger charge is 2.34. The van der Waals surface area contributed by atoms with Gasteiger partial charge in [0, 0.05) is 13.1 Å². The van der Waals surface area contributed by atoms with E-state index in [1.165, 1.54) is 17.6 Å². The van der Waals surface area contributed by atoms with E-state index in [0.717, 1.165) is 19.3 Å². The molecule has 3 atom stereocenters. The number of nitrogens with zero attached hydrogens (tertiary/aromatic N) is 2. The molecule has 0 aromatic rings. The number of hydrogen-bond acceptors (Lipinski definition) is 3. The molecule has 0 amide bonds. The Bertz CT molecular complexity index is 372. The van der Waals surface area contributed by atoms with E-state index in [-0.39, 0.29) is 6.04 Å². The molecule has 0 spiro atoms. The third-order valence-electron chi connectivity index (χ3n) is 3.56. The van der Waals surface area contributed by atoms with Crippen LogP contribution in [0.2, 0.25) is 0 Å². The zero-order chi connectivity index (χ0) is 12.3. The molecule has 16 heavy (non-hydrogen) atoms. The molecule has 0 saturated heterocycles. The lowest BCUT2D eigenvalue weighted by Crippen LogP contribution is -2.45. The van der Waals surface area contributed by atoms with E-state index in [1.807, 2.05) is 6.07 Å². The molecule has 0 heterocycles. The first kappa shape index (κ1) is 13.5. The molecular weight excluding hydrogens is 224 g/mol. The highest BCUT2D eigenvalue weighted by Crippen LogP contribution is 2.29. The molecule has 3 unspecified atom stereocenters. The molecule has 0 aliphatic heterocycles. The molecule has 92 valence electrons. The number of rotatable bonds is 3. The summed E-state index contributed by atoms with van der Waals surface area (Å²) in [5.74, 6) is 0.388. The largest absolute Gasteiger partial charge is 0.230 e. The van der Waals surface area contributed by atoms with E-state index in [0.29, 0.717) is 5.92 Å². The van der Waals surface area contributed by atoms with Crippen molar-refractivity contribution in [3.05, 3.63) is 0 Å². The predicted octanol–water partition coefficient (Wildman–Crippen LogP) is 1.74. The van der Waals surface area contributed by atoms with E-state index in [9.17, 15) is 8.42 Å². The van der Waals surface area contributed by atoms with Crippen molar-refractivity contribution in [1.29, 1.82) is 5.26 Å². The average Bonchev–Trinajstić information content (AvgIpc) is 2.27. The van der Waals surface area contributed by atoms with Crippen molar-refractivity contribution in [3.8, 4) is 6.07 Å². The molecule has 0 aromatic carbocycles. The summed E-state index contributed by atoms with van der Waals surface area (Å²) in [6, 6.07) is 1.87. The second-order valence-electron chi connectivity index (χ2n) is 4.66. The van der Waals surface area contributed by atoms with Crippen molar-refractivity contribution in [2.24, 2.45) is 5.92 Å². The molecular formula is C11H20N2O2S. The maximum Gasteiger partial charge on any atom is 0.230 e. The standard InChI is InChI=1S/C11H20N2O2S/c1-9-6-4-5-7-11(9)13(3)16(14,15)10(2)8-12/h9-11H,4-7H2,1-3H3. The van der Waals surface area contributed by atoms with Crippen LogP contribution in [-0.2, 0) is 10.0 Å². The van der Waals surface area contributed by atoms with Crippen molar-refractivity contribution in [2.75, 3.05) is 7.05 Å². The fraction of sp³-hybridized carbons (Fsp3) is 0.909. The smallest absolute Gasteiger partial charge is 0.211 e. The molecule has 1 aliphatic carbocycles. The van der Waals surface area contributed by atoms with Crippen molar-refractivity contribution in [1.82, 2.24) is 4.31 Å². The van der Waals surface area contributed by atoms with Gasteiger partial charge < -0.3 is 0 Å². The Labute approximate surface area is 98.3 Å². The Morgan fingerprint density at radius 2 is 1.94 bits per heavy atom. The maximum absolute atomic E-state index is 12.0. The summed E-state index contributed by atoms with van der Waals surface area (Å²) >= 11 is 0. The zero-order valence-corrected chi connectivity index (χ0v) is 11.0. The van der Waals surface area contributed by atoms with Crippen molar-refractivity contribution < 1.29 is 8.42 Å². The minimum absolute atomic E-state index is 0.0644. The van der Waals surface area contributed by atoms with Gasteiger partial charge in [-0.1, -0.05) is 19.8 Å². The first-order valence-corrected chi connectivity index (χ1v) is 7.28. The summed E-state index contributed by atoms with van der Waals surface area (Å²) < 4.78 is 25.4. The summed E-state index contributed by atoms with van der Waals surface area (Å²) in [4.78, 5) is 0. The van der Waals surface area contributed by atoms with Gasteiger partial charge in [-0.3, -0.25) is 0 Å². The van der Waals surface area contributed by atoms with Gasteiger partial charge >= 0.3 is 0 Å². The molecule has 0 radical (unpaired) electrons. The fourth-order valence-corrected chi connectivity index (χ4v) is 3.66. The number of sulfonamides is 1. The van der Waals surface area contributed by atoms with Gasteiger partial charge in [0.2, 0.25) is 10.0 Å². The van der Waals surface area contributed by atoms with Crippen LogP contribution in [0.5, 0.6) is 0 Å². The van der Waals surface area contributed by atoms with Crippen molar-refractivity contribution in [2.45, 2.75) is 50.8 Å². The molecule has 5 heteroatoms. The quantitative estimate of drug-likeness (QED) is 0.759. The highest BCUT2D eigenvalue weighted by atomic mass is 32.2. The molecule has 4 nitrogen and oxygen atoms in total. The molecule has 1 saturated carbocycles. The van der Waals surface area contributed by atoms with Gasteiger partial charge in [0.15, 0.2) is 5.25 Å². The fourth-order valence-electron chi connectivity index (χ4n) is 2.34. The maximum atomic E-state index is 12.0. The summed E-state index contributed by atoms with van der Waals surface area (Å²) in [5.41, 5.74) is 0. The van der Waals surface area contributed by atoms with Crippen LogP contribution in [0.3, 0.4) is 0 Å². The summed E-state index contributed by atoms with van der Waals surface area (Å²) in [6.07, 6.45) is 4.25. The van der Waals surface area contributed by atoms with Crippen LogP contribution < -0.4 is 0 Å². The molecule has 0 bridgehead atoms. The van der Waals surface area contributed by atoms with Crippen LogP contribution in [0.25, 0.3) is 0 Å². The van der Waals surface area contributed by atoms with Crippen LogP contribution in [-0.4, -0.2) is 31.1 Å². The van der Waals surface area contributed by atoms with E-state index < -0.39 is 15.3 Å². The summed E-state index contributed by atoms with van der Waals surface area (Å²) in [7, 11) is -1.84. The van der Waals surface area contributed by atoms with Gasteiger partial charge in [-0.2, -0.15) is 5.26 Å². The Kier molecular flexibility index (Phi) is 4.34. The SMILES string of the molecule is CC1CCCCC1N(C)S(=O)(=O)C(C)C#N. The lowest BCUT2D eigenvalue weighted by atomic mass is 9.86. The lowest BCUT2D eigenvalue weighted by molar-refractivity contribution is 0.213. The Balaban J connectivity index is 2.85. The number of hydrogen-bond donors (Lipinski definition) is 0. The lowest BCUT2D eigenvalue weighted by Gasteiger charge is -2.35. The average molecular weight is 244 g/mol. The zero-order valence-electron chi connectivity index (χ0n) is 10.2. The molecule has 1 rings (SSSR count). The van der Waals surface area contributed by atoms with Crippen LogP contribution in [0.15, 0.2) is 0 Å². The van der Waals surface area contributed by atoms with Crippen molar-refractivity contribution >= 4 is 10.0 Å². The van der Waals surface area contributed by atoms with Gasteiger partial charge in [-0.15, -0.1) is 0 Å².